The molecule has 120 valence electrons. The Morgan fingerprint density at radius 3 is 2.32 bits per heavy atom. The fraction of sp³-hybridized carbons (Fsp3) is 0.368. The molecule has 0 aliphatic heterocycles. The predicted molar refractivity (Wildman–Crippen MR) is 95.7 cm³/mol. The van der Waals surface area contributed by atoms with Crippen LogP contribution in [0.25, 0.3) is 0 Å². The lowest BCUT2D eigenvalue weighted by molar-refractivity contribution is 0.305. The molecule has 2 aromatic rings. The highest BCUT2D eigenvalue weighted by atomic mass is 35.5. The summed E-state index contributed by atoms with van der Waals surface area (Å²) < 4.78 is 5.86. The molecule has 2 rings (SSSR count). The zero-order chi connectivity index (χ0) is 15.1. The van der Waals surface area contributed by atoms with Crippen LogP contribution >= 0.6 is 12.4 Å². The molecule has 0 saturated carbocycles. The van der Waals surface area contributed by atoms with Crippen molar-refractivity contribution in [2.24, 2.45) is 0 Å². The van der Waals surface area contributed by atoms with Crippen molar-refractivity contribution in [2.45, 2.75) is 45.9 Å². The van der Waals surface area contributed by atoms with Crippen LogP contribution in [0.2, 0.25) is 0 Å². The van der Waals surface area contributed by atoms with E-state index in [-0.39, 0.29) is 17.9 Å². The Morgan fingerprint density at radius 1 is 0.955 bits per heavy atom. The topological polar surface area (TPSA) is 21.3 Å². The number of ether oxygens (including phenoxy) is 1. The molecule has 0 saturated heterocycles. The minimum atomic E-state index is 0. The number of nitrogens with one attached hydrogen (secondary N) is 1. The van der Waals surface area contributed by atoms with Crippen LogP contribution in [0.15, 0.2) is 54.6 Å². The SMILES string of the molecule is CCC(C)(C)NCc1cccc(OCc2ccccc2)c1.Cl. The summed E-state index contributed by atoms with van der Waals surface area (Å²) in [5.74, 6) is 0.924. The third-order valence-electron chi connectivity index (χ3n) is 3.80. The third-order valence-corrected chi connectivity index (χ3v) is 3.80. The lowest BCUT2D eigenvalue weighted by Crippen LogP contribution is -2.37. The Kier molecular flexibility index (Phi) is 7.43. The Balaban J connectivity index is 0.00000242. The maximum atomic E-state index is 5.86. The van der Waals surface area contributed by atoms with Gasteiger partial charge in [-0.1, -0.05) is 49.4 Å². The molecule has 2 nitrogen and oxygen atoms in total. The fourth-order valence-electron chi connectivity index (χ4n) is 1.95. The maximum absolute atomic E-state index is 5.86. The summed E-state index contributed by atoms with van der Waals surface area (Å²) in [6.45, 7) is 8.12. The standard InChI is InChI=1S/C19H25NO.ClH/c1-4-19(2,3)20-14-17-11-8-12-18(13-17)21-15-16-9-6-5-7-10-16;/h5-13,20H,4,14-15H2,1-3H3;1H. The molecule has 0 aromatic heterocycles. The van der Waals surface area contributed by atoms with E-state index in [2.05, 4.69) is 56.4 Å². The molecule has 0 radical (unpaired) electrons. The highest BCUT2D eigenvalue weighted by Crippen LogP contribution is 2.16. The number of hydrogen-bond donors (Lipinski definition) is 1. The van der Waals surface area contributed by atoms with Gasteiger partial charge in [-0.25, -0.2) is 0 Å². The minimum Gasteiger partial charge on any atom is -0.489 e. The fourth-order valence-corrected chi connectivity index (χ4v) is 1.95. The van der Waals surface area contributed by atoms with E-state index >= 15 is 0 Å². The van der Waals surface area contributed by atoms with E-state index in [0.29, 0.717) is 6.61 Å². The Bertz CT molecular complexity index is 554. The Labute approximate surface area is 140 Å². The normalized spacial score (nSPS) is 10.9. The quantitative estimate of drug-likeness (QED) is 0.778. The first-order valence-corrected chi connectivity index (χ1v) is 7.60. The lowest BCUT2D eigenvalue weighted by Gasteiger charge is -2.24. The average Bonchev–Trinajstić information content (AvgIpc) is 2.53. The van der Waals surface area contributed by atoms with Crippen LogP contribution in [-0.2, 0) is 13.2 Å². The van der Waals surface area contributed by atoms with Crippen molar-refractivity contribution in [3.63, 3.8) is 0 Å². The van der Waals surface area contributed by atoms with Gasteiger partial charge in [0.05, 0.1) is 0 Å². The summed E-state index contributed by atoms with van der Waals surface area (Å²) in [6.07, 6.45) is 1.11. The van der Waals surface area contributed by atoms with Gasteiger partial charge in [-0.05, 0) is 43.5 Å². The first-order valence-electron chi connectivity index (χ1n) is 7.60. The van der Waals surface area contributed by atoms with Crippen LogP contribution in [-0.4, -0.2) is 5.54 Å². The first kappa shape index (κ1) is 18.5. The second kappa shape index (κ2) is 8.82. The average molecular weight is 320 g/mol. The maximum Gasteiger partial charge on any atom is 0.120 e. The van der Waals surface area contributed by atoms with E-state index in [4.69, 9.17) is 4.74 Å². The van der Waals surface area contributed by atoms with Crippen molar-refractivity contribution in [2.75, 3.05) is 0 Å². The zero-order valence-electron chi connectivity index (χ0n) is 13.6. The largest absolute Gasteiger partial charge is 0.489 e. The van der Waals surface area contributed by atoms with E-state index in [9.17, 15) is 0 Å². The third kappa shape index (κ3) is 6.08. The summed E-state index contributed by atoms with van der Waals surface area (Å²) in [5.41, 5.74) is 2.61. The summed E-state index contributed by atoms with van der Waals surface area (Å²) in [6, 6.07) is 18.6. The summed E-state index contributed by atoms with van der Waals surface area (Å²) >= 11 is 0. The van der Waals surface area contributed by atoms with E-state index in [1.165, 1.54) is 11.1 Å². The molecule has 0 aliphatic rings. The van der Waals surface area contributed by atoms with Gasteiger partial charge in [-0.15, -0.1) is 12.4 Å². The van der Waals surface area contributed by atoms with Crippen molar-refractivity contribution in [1.82, 2.24) is 5.32 Å². The Hall–Kier alpha value is -1.51. The first-order chi connectivity index (χ1) is 10.1. The van der Waals surface area contributed by atoms with Gasteiger partial charge in [0.2, 0.25) is 0 Å². The van der Waals surface area contributed by atoms with Gasteiger partial charge in [-0.2, -0.15) is 0 Å². The summed E-state index contributed by atoms with van der Waals surface area (Å²) in [4.78, 5) is 0. The van der Waals surface area contributed by atoms with E-state index in [1.54, 1.807) is 0 Å². The van der Waals surface area contributed by atoms with Crippen LogP contribution in [0.5, 0.6) is 5.75 Å². The molecular formula is C19H26ClNO. The smallest absolute Gasteiger partial charge is 0.120 e. The van der Waals surface area contributed by atoms with Crippen molar-refractivity contribution in [3.8, 4) is 5.75 Å². The monoisotopic (exact) mass is 319 g/mol. The number of rotatable bonds is 7. The zero-order valence-corrected chi connectivity index (χ0v) is 14.5. The summed E-state index contributed by atoms with van der Waals surface area (Å²) in [7, 11) is 0. The van der Waals surface area contributed by atoms with Crippen LogP contribution in [0.1, 0.15) is 38.3 Å². The van der Waals surface area contributed by atoms with Crippen molar-refractivity contribution < 1.29 is 4.74 Å². The molecule has 0 fully saturated rings. The van der Waals surface area contributed by atoms with Crippen LogP contribution < -0.4 is 10.1 Å². The van der Waals surface area contributed by atoms with Crippen molar-refractivity contribution in [1.29, 1.82) is 0 Å². The second-order valence-corrected chi connectivity index (χ2v) is 6.01. The molecule has 0 unspecified atom stereocenters. The number of benzene rings is 2. The van der Waals surface area contributed by atoms with Gasteiger partial charge in [0.25, 0.3) is 0 Å². The van der Waals surface area contributed by atoms with Crippen molar-refractivity contribution in [3.05, 3.63) is 65.7 Å². The van der Waals surface area contributed by atoms with Gasteiger partial charge in [-0.3, -0.25) is 0 Å². The molecule has 1 N–H and O–H groups in total. The molecule has 2 aromatic carbocycles. The summed E-state index contributed by atoms with van der Waals surface area (Å²) in [5, 5.41) is 3.57. The molecular weight excluding hydrogens is 294 g/mol. The highest BCUT2D eigenvalue weighted by Gasteiger charge is 2.13. The second-order valence-electron chi connectivity index (χ2n) is 6.01. The van der Waals surface area contributed by atoms with Gasteiger partial charge in [0, 0.05) is 12.1 Å². The highest BCUT2D eigenvalue weighted by molar-refractivity contribution is 5.85. The number of halogens is 1. The lowest BCUT2D eigenvalue weighted by atomic mass is 10.0. The van der Waals surface area contributed by atoms with Gasteiger partial charge in [0.1, 0.15) is 12.4 Å². The molecule has 0 bridgehead atoms. The van der Waals surface area contributed by atoms with Crippen LogP contribution in [0.4, 0.5) is 0 Å². The van der Waals surface area contributed by atoms with E-state index < -0.39 is 0 Å². The van der Waals surface area contributed by atoms with Gasteiger partial charge < -0.3 is 10.1 Å². The number of hydrogen-bond acceptors (Lipinski definition) is 2. The predicted octanol–water partition coefficient (Wildman–Crippen LogP) is 4.97. The molecule has 0 atom stereocenters. The van der Waals surface area contributed by atoms with Crippen LogP contribution in [0.3, 0.4) is 0 Å². The molecule has 0 amide bonds. The Morgan fingerprint density at radius 2 is 1.64 bits per heavy atom. The van der Waals surface area contributed by atoms with Crippen molar-refractivity contribution >= 4 is 12.4 Å². The molecule has 22 heavy (non-hydrogen) atoms. The van der Waals surface area contributed by atoms with Gasteiger partial charge >= 0.3 is 0 Å². The van der Waals surface area contributed by atoms with E-state index in [0.717, 1.165) is 18.7 Å². The molecule has 0 spiro atoms. The van der Waals surface area contributed by atoms with Crippen LogP contribution in [0, 0.1) is 0 Å². The minimum absolute atomic E-state index is 0. The molecule has 0 heterocycles. The molecule has 3 heteroatoms. The van der Waals surface area contributed by atoms with Gasteiger partial charge in [0.15, 0.2) is 0 Å². The van der Waals surface area contributed by atoms with E-state index in [1.807, 2.05) is 24.3 Å². The molecule has 0 aliphatic carbocycles.